The van der Waals surface area contributed by atoms with Gasteiger partial charge in [-0.2, -0.15) is 0 Å². The standard InChI is InChI=1S/C20H13N3O4/c24-17-7-6-13-10-14-8-9-25-18(14)20(19(13)27-17)26-11-16-22-21-12-23(16)15-4-2-1-3-5-15/h1-10,12H,11H2. The average Bonchev–Trinajstić information content (AvgIpc) is 3.35. The molecule has 0 bridgehead atoms. The van der Waals surface area contributed by atoms with E-state index in [0.29, 0.717) is 22.7 Å². The predicted octanol–water partition coefficient (Wildman–Crippen LogP) is 3.70. The number of benzene rings is 2. The van der Waals surface area contributed by atoms with Gasteiger partial charge in [-0.3, -0.25) is 4.57 Å². The van der Waals surface area contributed by atoms with E-state index < -0.39 is 5.63 Å². The zero-order valence-corrected chi connectivity index (χ0v) is 14.0. The van der Waals surface area contributed by atoms with E-state index >= 15 is 0 Å². The minimum atomic E-state index is -0.453. The van der Waals surface area contributed by atoms with Crippen molar-refractivity contribution in [3.63, 3.8) is 0 Å². The van der Waals surface area contributed by atoms with Crippen molar-refractivity contribution in [3.05, 3.63) is 83.4 Å². The van der Waals surface area contributed by atoms with Crippen molar-refractivity contribution < 1.29 is 13.6 Å². The fourth-order valence-corrected chi connectivity index (χ4v) is 3.04. The number of aromatic nitrogens is 3. The molecule has 5 rings (SSSR count). The van der Waals surface area contributed by atoms with Crippen molar-refractivity contribution in [1.29, 1.82) is 0 Å². The Labute approximate surface area is 152 Å². The molecular formula is C20H13N3O4. The van der Waals surface area contributed by atoms with Crippen molar-refractivity contribution in [2.75, 3.05) is 0 Å². The average molecular weight is 359 g/mol. The molecule has 0 atom stereocenters. The van der Waals surface area contributed by atoms with E-state index in [4.69, 9.17) is 13.6 Å². The molecule has 7 heteroatoms. The van der Waals surface area contributed by atoms with Crippen LogP contribution >= 0.6 is 0 Å². The number of ether oxygens (including phenoxy) is 1. The highest BCUT2D eigenvalue weighted by atomic mass is 16.5. The highest BCUT2D eigenvalue weighted by molar-refractivity contribution is 5.99. The third-order valence-electron chi connectivity index (χ3n) is 4.28. The molecule has 0 aliphatic rings. The summed E-state index contributed by atoms with van der Waals surface area (Å²) in [5.41, 5.74) is 1.33. The molecule has 0 fully saturated rings. The Bertz CT molecular complexity index is 1300. The maximum Gasteiger partial charge on any atom is 0.336 e. The molecule has 5 aromatic rings. The van der Waals surface area contributed by atoms with Gasteiger partial charge in [-0.25, -0.2) is 4.79 Å². The van der Waals surface area contributed by atoms with Crippen molar-refractivity contribution in [1.82, 2.24) is 14.8 Å². The second kappa shape index (κ2) is 6.14. The van der Waals surface area contributed by atoms with Gasteiger partial charge in [0, 0.05) is 22.5 Å². The molecule has 0 aliphatic heterocycles. The monoisotopic (exact) mass is 359 g/mol. The Hall–Kier alpha value is -3.87. The van der Waals surface area contributed by atoms with Crippen LogP contribution in [-0.2, 0) is 6.61 Å². The van der Waals surface area contributed by atoms with E-state index in [9.17, 15) is 4.79 Å². The molecule has 7 nitrogen and oxygen atoms in total. The van der Waals surface area contributed by atoms with Crippen molar-refractivity contribution in [2.24, 2.45) is 0 Å². The topological polar surface area (TPSA) is 83.3 Å². The number of para-hydroxylation sites is 1. The van der Waals surface area contributed by atoms with Crippen LogP contribution < -0.4 is 10.4 Å². The quantitative estimate of drug-likeness (QED) is 0.455. The van der Waals surface area contributed by atoms with Gasteiger partial charge in [0.1, 0.15) is 12.9 Å². The van der Waals surface area contributed by atoms with E-state index in [1.54, 1.807) is 18.7 Å². The number of hydrogen-bond donors (Lipinski definition) is 0. The molecule has 0 amide bonds. The lowest BCUT2D eigenvalue weighted by Crippen LogP contribution is -2.06. The largest absolute Gasteiger partial charge is 0.478 e. The van der Waals surface area contributed by atoms with Crippen molar-refractivity contribution in [2.45, 2.75) is 6.61 Å². The first kappa shape index (κ1) is 15.4. The first-order valence-corrected chi connectivity index (χ1v) is 8.31. The summed E-state index contributed by atoms with van der Waals surface area (Å²) in [6.07, 6.45) is 3.20. The summed E-state index contributed by atoms with van der Waals surface area (Å²) in [5, 5.41) is 9.72. The minimum absolute atomic E-state index is 0.127. The zero-order valence-electron chi connectivity index (χ0n) is 14.0. The van der Waals surface area contributed by atoms with Gasteiger partial charge in [0.15, 0.2) is 17.0 Å². The smallest absolute Gasteiger partial charge is 0.336 e. The normalized spacial score (nSPS) is 11.3. The summed E-state index contributed by atoms with van der Waals surface area (Å²) in [4.78, 5) is 11.7. The van der Waals surface area contributed by atoms with E-state index in [-0.39, 0.29) is 6.61 Å². The maximum absolute atomic E-state index is 11.7. The molecule has 2 aromatic carbocycles. The maximum atomic E-state index is 11.7. The second-order valence-electron chi connectivity index (χ2n) is 5.96. The highest BCUT2D eigenvalue weighted by Crippen LogP contribution is 2.35. The van der Waals surface area contributed by atoms with Crippen LogP contribution in [0.15, 0.2) is 80.8 Å². The number of rotatable bonds is 4. The number of furan rings is 1. The molecule has 0 saturated heterocycles. The molecule has 0 radical (unpaired) electrons. The summed E-state index contributed by atoms with van der Waals surface area (Å²) in [5.74, 6) is 0.976. The molecule has 0 saturated carbocycles. The van der Waals surface area contributed by atoms with Gasteiger partial charge in [-0.1, -0.05) is 18.2 Å². The van der Waals surface area contributed by atoms with Crippen LogP contribution in [0, 0.1) is 0 Å². The summed E-state index contributed by atoms with van der Waals surface area (Å²) in [7, 11) is 0. The molecule has 3 heterocycles. The third-order valence-corrected chi connectivity index (χ3v) is 4.28. The Kier molecular flexibility index (Phi) is 3.50. The molecular weight excluding hydrogens is 346 g/mol. The molecule has 132 valence electrons. The van der Waals surface area contributed by atoms with Crippen LogP contribution in [0.2, 0.25) is 0 Å². The lowest BCUT2D eigenvalue weighted by molar-refractivity contribution is 0.291. The molecule has 27 heavy (non-hydrogen) atoms. The summed E-state index contributed by atoms with van der Waals surface area (Å²) >= 11 is 0. The van der Waals surface area contributed by atoms with Gasteiger partial charge in [-0.15, -0.1) is 10.2 Å². The summed E-state index contributed by atoms with van der Waals surface area (Å²) in [6.45, 7) is 0.127. The first-order valence-electron chi connectivity index (χ1n) is 8.31. The van der Waals surface area contributed by atoms with Crippen LogP contribution in [0.5, 0.6) is 5.75 Å². The van der Waals surface area contributed by atoms with Gasteiger partial charge in [0.25, 0.3) is 0 Å². The fourth-order valence-electron chi connectivity index (χ4n) is 3.04. The predicted molar refractivity (Wildman–Crippen MR) is 97.9 cm³/mol. The summed E-state index contributed by atoms with van der Waals surface area (Å²) in [6, 6.07) is 16.5. The lowest BCUT2D eigenvalue weighted by Gasteiger charge is -2.10. The highest BCUT2D eigenvalue weighted by Gasteiger charge is 2.16. The van der Waals surface area contributed by atoms with E-state index in [2.05, 4.69) is 10.2 Å². The van der Waals surface area contributed by atoms with Crippen LogP contribution in [0.4, 0.5) is 0 Å². The SMILES string of the molecule is O=c1ccc2cc3ccoc3c(OCc3nncn3-c3ccccc3)c2o1. The number of fused-ring (bicyclic) bond motifs is 2. The van der Waals surface area contributed by atoms with Crippen molar-refractivity contribution >= 4 is 21.9 Å². The lowest BCUT2D eigenvalue weighted by atomic mass is 10.1. The molecule has 0 N–H and O–H groups in total. The van der Waals surface area contributed by atoms with E-state index in [1.807, 2.05) is 47.0 Å². The Morgan fingerprint density at radius 1 is 1.00 bits per heavy atom. The minimum Gasteiger partial charge on any atom is -0.478 e. The number of hydrogen-bond acceptors (Lipinski definition) is 6. The van der Waals surface area contributed by atoms with Crippen LogP contribution in [0.25, 0.3) is 27.6 Å². The van der Waals surface area contributed by atoms with E-state index in [0.717, 1.165) is 16.5 Å². The van der Waals surface area contributed by atoms with Gasteiger partial charge in [0.2, 0.25) is 5.75 Å². The van der Waals surface area contributed by atoms with Gasteiger partial charge >= 0.3 is 5.63 Å². The Morgan fingerprint density at radius 2 is 1.85 bits per heavy atom. The zero-order chi connectivity index (χ0) is 18.2. The second-order valence-corrected chi connectivity index (χ2v) is 5.96. The molecule has 0 unspecified atom stereocenters. The van der Waals surface area contributed by atoms with Crippen molar-refractivity contribution in [3.8, 4) is 11.4 Å². The fraction of sp³-hybridized carbons (Fsp3) is 0.0500. The Morgan fingerprint density at radius 3 is 2.74 bits per heavy atom. The van der Waals surface area contributed by atoms with Gasteiger partial charge in [-0.05, 0) is 30.3 Å². The first-order chi connectivity index (χ1) is 13.3. The van der Waals surface area contributed by atoms with Crippen LogP contribution in [0.1, 0.15) is 5.82 Å². The molecule has 0 spiro atoms. The molecule has 0 aliphatic carbocycles. The van der Waals surface area contributed by atoms with Crippen LogP contribution in [-0.4, -0.2) is 14.8 Å². The van der Waals surface area contributed by atoms with E-state index in [1.165, 1.54) is 6.07 Å². The summed E-state index contributed by atoms with van der Waals surface area (Å²) < 4.78 is 18.8. The van der Waals surface area contributed by atoms with Crippen LogP contribution in [0.3, 0.4) is 0 Å². The number of nitrogens with zero attached hydrogens (tertiary/aromatic N) is 3. The molecule has 3 aromatic heterocycles. The Balaban J connectivity index is 1.58. The third kappa shape index (κ3) is 2.65. The van der Waals surface area contributed by atoms with Gasteiger partial charge in [0.05, 0.1) is 6.26 Å². The van der Waals surface area contributed by atoms with Gasteiger partial charge < -0.3 is 13.6 Å².